The summed E-state index contributed by atoms with van der Waals surface area (Å²) in [5, 5.41) is 8.42. The fourth-order valence-corrected chi connectivity index (χ4v) is 2.60. The summed E-state index contributed by atoms with van der Waals surface area (Å²) < 4.78 is 5.41. The molecule has 21 heavy (non-hydrogen) atoms. The Hall–Kier alpha value is -1.57. The molecule has 1 aromatic rings. The Kier molecular flexibility index (Phi) is 6.52. The zero-order valence-electron chi connectivity index (χ0n) is 12.9. The van der Waals surface area contributed by atoms with Crippen LogP contribution < -0.4 is 4.90 Å². The third-order valence-corrected chi connectivity index (χ3v) is 3.89. The van der Waals surface area contributed by atoms with Crippen LogP contribution in [0.2, 0.25) is 0 Å². The maximum atomic E-state index is 8.42. The zero-order chi connectivity index (χ0) is 14.9. The summed E-state index contributed by atoms with van der Waals surface area (Å²) in [6.07, 6.45) is 1.55. The highest BCUT2D eigenvalue weighted by Gasteiger charge is 2.16. The Bertz CT molecular complexity index is 444. The monoisotopic (exact) mass is 287 g/mol. The van der Waals surface area contributed by atoms with E-state index in [9.17, 15) is 0 Å². The van der Waals surface area contributed by atoms with Gasteiger partial charge < -0.3 is 9.64 Å². The van der Waals surface area contributed by atoms with Gasteiger partial charge in [0.1, 0.15) is 0 Å². The second-order valence-corrected chi connectivity index (χ2v) is 5.54. The topological polar surface area (TPSA) is 39.5 Å². The lowest BCUT2D eigenvalue weighted by atomic mass is 10.2. The Morgan fingerprint density at radius 3 is 2.48 bits per heavy atom. The summed E-state index contributed by atoms with van der Waals surface area (Å²) in [7, 11) is 0. The van der Waals surface area contributed by atoms with E-state index < -0.39 is 0 Å². The molecule has 0 aliphatic carbocycles. The molecule has 1 saturated heterocycles. The molecular formula is C17H25N3O. The molecule has 0 spiro atoms. The maximum absolute atomic E-state index is 8.42. The van der Waals surface area contributed by atoms with E-state index in [-0.39, 0.29) is 0 Å². The van der Waals surface area contributed by atoms with Crippen molar-refractivity contribution in [2.45, 2.75) is 19.8 Å². The van der Waals surface area contributed by atoms with Crippen molar-refractivity contribution in [3.05, 3.63) is 29.8 Å². The van der Waals surface area contributed by atoms with E-state index in [1.165, 1.54) is 11.3 Å². The molecular weight excluding hydrogens is 262 g/mol. The SMILES string of the molecule is Cc1ccc(N2CCN(CCCOCCC#N)CC2)cc1. The molecule has 0 saturated carbocycles. The van der Waals surface area contributed by atoms with E-state index in [4.69, 9.17) is 10.00 Å². The fourth-order valence-electron chi connectivity index (χ4n) is 2.60. The van der Waals surface area contributed by atoms with Crippen LogP contribution in [0.25, 0.3) is 0 Å². The number of aryl methyl sites for hydroxylation is 1. The van der Waals surface area contributed by atoms with Crippen molar-refractivity contribution in [1.82, 2.24) is 4.90 Å². The van der Waals surface area contributed by atoms with Gasteiger partial charge in [-0.05, 0) is 25.5 Å². The van der Waals surface area contributed by atoms with E-state index in [1.54, 1.807) is 0 Å². The van der Waals surface area contributed by atoms with Gasteiger partial charge >= 0.3 is 0 Å². The summed E-state index contributed by atoms with van der Waals surface area (Å²) in [6, 6.07) is 10.9. The van der Waals surface area contributed by atoms with E-state index in [2.05, 4.69) is 47.1 Å². The van der Waals surface area contributed by atoms with Gasteiger partial charge in [-0.3, -0.25) is 4.90 Å². The van der Waals surface area contributed by atoms with E-state index >= 15 is 0 Å². The zero-order valence-corrected chi connectivity index (χ0v) is 12.9. The average Bonchev–Trinajstić information content (AvgIpc) is 2.52. The molecule has 4 nitrogen and oxygen atoms in total. The van der Waals surface area contributed by atoms with Crippen molar-refractivity contribution in [3.8, 4) is 6.07 Å². The third kappa shape index (κ3) is 5.37. The van der Waals surface area contributed by atoms with Gasteiger partial charge in [0.2, 0.25) is 0 Å². The molecule has 0 radical (unpaired) electrons. The molecule has 0 amide bonds. The van der Waals surface area contributed by atoms with Gasteiger partial charge in [0.05, 0.1) is 19.1 Å². The quantitative estimate of drug-likeness (QED) is 0.722. The van der Waals surface area contributed by atoms with Gasteiger partial charge in [0.15, 0.2) is 0 Å². The second kappa shape index (κ2) is 8.66. The van der Waals surface area contributed by atoms with Crippen molar-refractivity contribution >= 4 is 5.69 Å². The van der Waals surface area contributed by atoms with Crippen LogP contribution >= 0.6 is 0 Å². The number of nitriles is 1. The Morgan fingerprint density at radius 1 is 1.10 bits per heavy atom. The van der Waals surface area contributed by atoms with Crippen LogP contribution in [0.15, 0.2) is 24.3 Å². The number of nitrogens with zero attached hydrogens (tertiary/aromatic N) is 3. The summed E-state index contributed by atoms with van der Waals surface area (Å²) >= 11 is 0. The van der Waals surface area contributed by atoms with Crippen molar-refractivity contribution in [2.75, 3.05) is 50.8 Å². The molecule has 1 heterocycles. The normalized spacial score (nSPS) is 15.9. The van der Waals surface area contributed by atoms with Gasteiger partial charge in [0, 0.05) is 45.0 Å². The van der Waals surface area contributed by atoms with Crippen molar-refractivity contribution in [1.29, 1.82) is 5.26 Å². The Balaban J connectivity index is 1.62. The summed E-state index contributed by atoms with van der Waals surface area (Å²) in [5.74, 6) is 0. The maximum Gasteiger partial charge on any atom is 0.0645 e. The minimum Gasteiger partial charge on any atom is -0.380 e. The number of anilines is 1. The number of hydrogen-bond acceptors (Lipinski definition) is 4. The molecule has 0 bridgehead atoms. The molecule has 1 aliphatic heterocycles. The van der Waals surface area contributed by atoms with E-state index in [1.807, 2.05) is 0 Å². The highest BCUT2D eigenvalue weighted by atomic mass is 16.5. The standard InChI is InChI=1S/C17H25N3O/c1-16-4-6-17(7-5-16)20-12-10-19(11-13-20)9-3-15-21-14-2-8-18/h4-7H,2-3,9-15H2,1H3. The van der Waals surface area contributed by atoms with Crippen molar-refractivity contribution in [3.63, 3.8) is 0 Å². The lowest BCUT2D eigenvalue weighted by Crippen LogP contribution is -2.46. The fraction of sp³-hybridized carbons (Fsp3) is 0.588. The van der Waals surface area contributed by atoms with E-state index in [0.717, 1.165) is 45.8 Å². The molecule has 114 valence electrons. The first kappa shape index (κ1) is 15.8. The van der Waals surface area contributed by atoms with Crippen LogP contribution in [0.3, 0.4) is 0 Å². The summed E-state index contributed by atoms with van der Waals surface area (Å²) in [6.45, 7) is 8.97. The van der Waals surface area contributed by atoms with Crippen molar-refractivity contribution < 1.29 is 4.74 Å². The molecule has 1 fully saturated rings. The van der Waals surface area contributed by atoms with Crippen molar-refractivity contribution in [2.24, 2.45) is 0 Å². The number of piperazine rings is 1. The number of hydrogen-bond donors (Lipinski definition) is 0. The lowest BCUT2D eigenvalue weighted by Gasteiger charge is -2.36. The molecule has 0 unspecified atom stereocenters. The van der Waals surface area contributed by atoms with Crippen LogP contribution in [0.4, 0.5) is 5.69 Å². The average molecular weight is 287 g/mol. The van der Waals surface area contributed by atoms with Gasteiger partial charge in [-0.25, -0.2) is 0 Å². The van der Waals surface area contributed by atoms with Crippen LogP contribution in [-0.2, 0) is 4.74 Å². The molecule has 4 heteroatoms. The van der Waals surface area contributed by atoms with Crippen LogP contribution in [-0.4, -0.2) is 50.8 Å². The molecule has 2 rings (SSSR count). The summed E-state index contributed by atoms with van der Waals surface area (Å²) in [5.41, 5.74) is 2.65. The molecule has 1 aliphatic rings. The highest BCUT2D eigenvalue weighted by Crippen LogP contribution is 2.17. The van der Waals surface area contributed by atoms with Crippen LogP contribution in [0, 0.1) is 18.3 Å². The number of benzene rings is 1. The lowest BCUT2D eigenvalue weighted by molar-refractivity contribution is 0.124. The third-order valence-electron chi connectivity index (χ3n) is 3.89. The minimum absolute atomic E-state index is 0.495. The molecule has 0 N–H and O–H groups in total. The first-order valence-corrected chi connectivity index (χ1v) is 7.78. The van der Waals surface area contributed by atoms with Gasteiger partial charge in [-0.1, -0.05) is 17.7 Å². The van der Waals surface area contributed by atoms with Gasteiger partial charge in [-0.15, -0.1) is 0 Å². The predicted octanol–water partition coefficient (Wildman–Crippen LogP) is 2.44. The number of rotatable bonds is 7. The predicted molar refractivity (Wildman–Crippen MR) is 85.5 cm³/mol. The van der Waals surface area contributed by atoms with E-state index in [0.29, 0.717) is 13.0 Å². The molecule has 0 atom stereocenters. The molecule has 0 aromatic heterocycles. The first-order chi connectivity index (χ1) is 10.3. The van der Waals surface area contributed by atoms with Gasteiger partial charge in [0.25, 0.3) is 0 Å². The Labute approximate surface area is 127 Å². The second-order valence-electron chi connectivity index (χ2n) is 5.54. The number of ether oxygens (including phenoxy) is 1. The first-order valence-electron chi connectivity index (χ1n) is 7.78. The smallest absolute Gasteiger partial charge is 0.0645 e. The highest BCUT2D eigenvalue weighted by molar-refractivity contribution is 5.47. The summed E-state index contributed by atoms with van der Waals surface area (Å²) in [4.78, 5) is 4.96. The van der Waals surface area contributed by atoms with Crippen LogP contribution in [0.1, 0.15) is 18.4 Å². The largest absolute Gasteiger partial charge is 0.380 e. The van der Waals surface area contributed by atoms with Crippen LogP contribution in [0.5, 0.6) is 0 Å². The minimum atomic E-state index is 0.495. The Morgan fingerprint density at radius 2 is 1.81 bits per heavy atom. The molecule has 1 aromatic carbocycles. The van der Waals surface area contributed by atoms with Gasteiger partial charge in [-0.2, -0.15) is 5.26 Å².